The van der Waals surface area contributed by atoms with Gasteiger partial charge in [-0.3, -0.25) is 4.79 Å². The summed E-state index contributed by atoms with van der Waals surface area (Å²) in [4.78, 5) is 27.1. The van der Waals surface area contributed by atoms with Crippen LogP contribution in [0.3, 0.4) is 0 Å². The topological polar surface area (TPSA) is 83.1 Å². The number of methoxy groups -OCH3 is 3. The fourth-order valence-electron chi connectivity index (χ4n) is 4.95. The van der Waals surface area contributed by atoms with E-state index < -0.39 is 11.9 Å². The Hall–Kier alpha value is -3.29. The number of allylic oxidation sites excluding steroid dienone is 3. The van der Waals surface area contributed by atoms with Crippen molar-refractivity contribution in [2.75, 3.05) is 34.5 Å². The molecule has 36 heavy (non-hydrogen) atoms. The molecule has 1 aliphatic carbocycles. The highest BCUT2D eigenvalue weighted by atomic mass is 35.5. The SMILES string of the molecule is COCCOC(=O)C1=C(C)NC2=C(C(=O)C[C@H](c3ccc(Cl)cc3)C2)[C@H]1c1cc(OC)ccc1OC. The fourth-order valence-corrected chi connectivity index (χ4v) is 5.08. The number of nitrogens with one attached hydrogen (secondary N) is 1. The Balaban J connectivity index is 1.82. The summed E-state index contributed by atoms with van der Waals surface area (Å²) in [6, 6.07) is 13.0. The van der Waals surface area contributed by atoms with Crippen molar-refractivity contribution in [1.29, 1.82) is 0 Å². The van der Waals surface area contributed by atoms with E-state index in [1.807, 2.05) is 37.3 Å². The van der Waals surface area contributed by atoms with Crippen molar-refractivity contribution in [3.8, 4) is 11.5 Å². The minimum Gasteiger partial charge on any atom is -0.497 e. The van der Waals surface area contributed by atoms with Crippen LogP contribution in [0, 0.1) is 0 Å². The Kier molecular flexibility index (Phi) is 8.01. The van der Waals surface area contributed by atoms with Crippen molar-refractivity contribution in [3.05, 3.63) is 81.2 Å². The molecular weight excluding hydrogens is 482 g/mol. The van der Waals surface area contributed by atoms with Gasteiger partial charge >= 0.3 is 5.97 Å². The van der Waals surface area contributed by atoms with Crippen LogP contribution >= 0.6 is 11.6 Å². The minimum absolute atomic E-state index is 0.00289. The number of rotatable bonds is 8. The molecule has 0 spiro atoms. The molecule has 1 aliphatic heterocycles. The Labute approximate surface area is 216 Å². The monoisotopic (exact) mass is 511 g/mol. The van der Waals surface area contributed by atoms with E-state index in [1.54, 1.807) is 33.5 Å². The molecule has 8 heteroatoms. The van der Waals surface area contributed by atoms with E-state index in [-0.39, 0.29) is 24.9 Å². The van der Waals surface area contributed by atoms with Gasteiger partial charge < -0.3 is 24.3 Å². The van der Waals surface area contributed by atoms with E-state index >= 15 is 0 Å². The van der Waals surface area contributed by atoms with Crippen LogP contribution in [0.5, 0.6) is 11.5 Å². The molecule has 0 saturated carbocycles. The molecule has 0 amide bonds. The summed E-state index contributed by atoms with van der Waals surface area (Å²) in [5.74, 6) is -0.0630. The van der Waals surface area contributed by atoms with Gasteiger partial charge in [-0.05, 0) is 55.2 Å². The predicted octanol–water partition coefficient (Wildman–Crippen LogP) is 4.91. The summed E-state index contributed by atoms with van der Waals surface area (Å²) in [7, 11) is 4.68. The summed E-state index contributed by atoms with van der Waals surface area (Å²) < 4.78 is 21.7. The molecule has 0 radical (unpaired) electrons. The van der Waals surface area contributed by atoms with Gasteiger partial charge in [-0.1, -0.05) is 23.7 Å². The zero-order valence-electron chi connectivity index (χ0n) is 20.9. The zero-order valence-corrected chi connectivity index (χ0v) is 21.6. The van der Waals surface area contributed by atoms with Gasteiger partial charge in [0.2, 0.25) is 0 Å². The van der Waals surface area contributed by atoms with Gasteiger partial charge in [0, 0.05) is 41.1 Å². The molecule has 4 rings (SSSR count). The van der Waals surface area contributed by atoms with Crippen molar-refractivity contribution in [2.24, 2.45) is 0 Å². The third-order valence-corrected chi connectivity index (χ3v) is 6.91. The fraction of sp³-hybridized carbons (Fsp3) is 0.357. The average molecular weight is 512 g/mol. The molecule has 190 valence electrons. The summed E-state index contributed by atoms with van der Waals surface area (Å²) >= 11 is 6.07. The van der Waals surface area contributed by atoms with Crippen molar-refractivity contribution in [3.63, 3.8) is 0 Å². The lowest BCUT2D eigenvalue weighted by Crippen LogP contribution is -2.36. The lowest BCUT2D eigenvalue weighted by molar-refractivity contribution is -0.140. The Morgan fingerprint density at radius 1 is 1.03 bits per heavy atom. The summed E-state index contributed by atoms with van der Waals surface area (Å²) in [6.45, 7) is 2.20. The minimum atomic E-state index is -0.667. The first-order valence-corrected chi connectivity index (χ1v) is 12.1. The van der Waals surface area contributed by atoms with E-state index in [0.717, 1.165) is 11.3 Å². The number of benzene rings is 2. The maximum atomic E-state index is 13.8. The largest absolute Gasteiger partial charge is 0.497 e. The van der Waals surface area contributed by atoms with E-state index in [9.17, 15) is 9.59 Å². The number of dihydropyridines is 1. The van der Waals surface area contributed by atoms with Crippen LogP contribution in [0.2, 0.25) is 5.02 Å². The maximum Gasteiger partial charge on any atom is 0.336 e. The molecule has 2 atom stereocenters. The first-order chi connectivity index (χ1) is 17.4. The first kappa shape index (κ1) is 25.8. The van der Waals surface area contributed by atoms with Crippen molar-refractivity contribution in [1.82, 2.24) is 5.32 Å². The standard InChI is InChI=1S/C28H30ClNO6/c1-16-25(28(32)36-12-11-33-2)26(21-15-20(34-3)9-10-24(21)35-4)27-22(30-16)13-18(14-23(27)31)17-5-7-19(29)8-6-17/h5-10,15,18,26,30H,11-14H2,1-4H3/t18-,26+/m1/s1. The zero-order chi connectivity index (χ0) is 25.8. The molecule has 7 nitrogen and oxygen atoms in total. The maximum absolute atomic E-state index is 13.8. The van der Waals surface area contributed by atoms with Crippen LogP contribution in [0.1, 0.15) is 42.7 Å². The van der Waals surface area contributed by atoms with Crippen molar-refractivity contribution in [2.45, 2.75) is 31.6 Å². The highest BCUT2D eigenvalue weighted by Gasteiger charge is 2.42. The number of halogens is 1. The Morgan fingerprint density at radius 2 is 1.78 bits per heavy atom. The van der Waals surface area contributed by atoms with Gasteiger partial charge in [-0.2, -0.15) is 0 Å². The number of hydrogen-bond acceptors (Lipinski definition) is 7. The van der Waals surface area contributed by atoms with Crippen LogP contribution in [-0.2, 0) is 19.1 Å². The second kappa shape index (κ2) is 11.2. The Bertz CT molecular complexity index is 1220. The van der Waals surface area contributed by atoms with Crippen LogP contribution in [-0.4, -0.2) is 46.3 Å². The lowest BCUT2D eigenvalue weighted by atomic mass is 9.71. The lowest BCUT2D eigenvalue weighted by Gasteiger charge is -2.37. The molecule has 2 aromatic carbocycles. The summed E-state index contributed by atoms with van der Waals surface area (Å²) in [6.07, 6.45) is 0.935. The van der Waals surface area contributed by atoms with Crippen molar-refractivity contribution < 1.29 is 28.5 Å². The summed E-state index contributed by atoms with van der Waals surface area (Å²) in [5, 5.41) is 4.01. The van der Waals surface area contributed by atoms with Gasteiger partial charge in [0.25, 0.3) is 0 Å². The van der Waals surface area contributed by atoms with Crippen LogP contribution in [0.15, 0.2) is 65.0 Å². The highest BCUT2D eigenvalue weighted by molar-refractivity contribution is 6.30. The Morgan fingerprint density at radius 3 is 2.44 bits per heavy atom. The number of ether oxygens (including phenoxy) is 4. The highest BCUT2D eigenvalue weighted by Crippen LogP contribution is 2.48. The molecule has 1 heterocycles. The number of carbonyl (C=O) groups is 2. The first-order valence-electron chi connectivity index (χ1n) is 11.7. The second-order valence-electron chi connectivity index (χ2n) is 8.81. The molecule has 1 N–H and O–H groups in total. The molecule has 0 unspecified atom stereocenters. The van der Waals surface area contributed by atoms with Gasteiger partial charge in [0.1, 0.15) is 18.1 Å². The number of hydrogen-bond donors (Lipinski definition) is 1. The van der Waals surface area contributed by atoms with E-state index in [1.165, 1.54) is 0 Å². The smallest absolute Gasteiger partial charge is 0.336 e. The van der Waals surface area contributed by atoms with E-state index in [0.29, 0.717) is 51.8 Å². The van der Waals surface area contributed by atoms with Gasteiger partial charge in [-0.25, -0.2) is 4.79 Å². The normalized spacial score (nSPS) is 19.5. The number of ketones is 1. The number of carbonyl (C=O) groups excluding carboxylic acids is 2. The van der Waals surface area contributed by atoms with Gasteiger partial charge in [0.15, 0.2) is 5.78 Å². The molecule has 2 aliphatic rings. The van der Waals surface area contributed by atoms with Gasteiger partial charge in [0.05, 0.1) is 32.3 Å². The second-order valence-corrected chi connectivity index (χ2v) is 9.24. The van der Waals surface area contributed by atoms with Crippen molar-refractivity contribution >= 4 is 23.4 Å². The molecule has 0 fully saturated rings. The number of esters is 1. The predicted molar refractivity (Wildman–Crippen MR) is 136 cm³/mol. The van der Waals surface area contributed by atoms with Crippen LogP contribution in [0.4, 0.5) is 0 Å². The third-order valence-electron chi connectivity index (χ3n) is 6.66. The average Bonchev–Trinajstić information content (AvgIpc) is 2.87. The van der Waals surface area contributed by atoms with Crippen LogP contribution < -0.4 is 14.8 Å². The third kappa shape index (κ3) is 5.13. The van der Waals surface area contributed by atoms with E-state index in [4.69, 9.17) is 30.5 Å². The van der Waals surface area contributed by atoms with Crippen LogP contribution in [0.25, 0.3) is 0 Å². The quantitative estimate of drug-likeness (QED) is 0.398. The molecule has 2 aromatic rings. The van der Waals surface area contributed by atoms with Gasteiger partial charge in [-0.15, -0.1) is 0 Å². The molecule has 0 aromatic heterocycles. The summed E-state index contributed by atoms with van der Waals surface area (Å²) in [5.41, 5.74) is 4.07. The molecule has 0 saturated heterocycles. The van der Waals surface area contributed by atoms with E-state index in [2.05, 4.69) is 5.32 Å². The number of Topliss-reactive ketones (excluding diaryl/α,β-unsaturated/α-hetero) is 1. The molecular formula is C28H30ClNO6. The molecule has 0 bridgehead atoms.